The Morgan fingerprint density at radius 1 is 1.28 bits per heavy atom. The van der Waals surface area contributed by atoms with Crippen LogP contribution >= 0.6 is 0 Å². The molecule has 0 bridgehead atoms. The van der Waals surface area contributed by atoms with Crippen molar-refractivity contribution in [1.29, 1.82) is 0 Å². The van der Waals surface area contributed by atoms with Gasteiger partial charge in [-0.15, -0.1) is 0 Å². The van der Waals surface area contributed by atoms with Crippen LogP contribution in [0.3, 0.4) is 0 Å². The van der Waals surface area contributed by atoms with E-state index in [1.165, 1.54) is 6.07 Å². The van der Waals surface area contributed by atoms with Gasteiger partial charge in [-0.1, -0.05) is 12.1 Å². The van der Waals surface area contributed by atoms with Crippen molar-refractivity contribution < 1.29 is 18.3 Å². The van der Waals surface area contributed by atoms with Gasteiger partial charge < -0.3 is 14.8 Å². The van der Waals surface area contributed by atoms with Crippen molar-refractivity contribution >= 4 is 0 Å². The summed E-state index contributed by atoms with van der Waals surface area (Å²) in [5.74, 6) is 0.176. The minimum absolute atomic E-state index is 0.0383. The first-order valence-corrected chi connectivity index (χ1v) is 5.82. The third-order valence-electron chi connectivity index (χ3n) is 2.53. The number of hydrogen-bond acceptors (Lipinski definition) is 3. The molecule has 1 N–H and O–H groups in total. The Labute approximate surface area is 106 Å². The number of alkyl halides is 2. The van der Waals surface area contributed by atoms with Gasteiger partial charge in [-0.2, -0.15) is 8.78 Å². The second-order valence-electron chi connectivity index (χ2n) is 4.20. The van der Waals surface area contributed by atoms with E-state index in [1.807, 2.05) is 19.9 Å². The van der Waals surface area contributed by atoms with E-state index >= 15 is 0 Å². The third-order valence-corrected chi connectivity index (χ3v) is 2.53. The summed E-state index contributed by atoms with van der Waals surface area (Å²) in [5.41, 5.74) is 0.899. The molecule has 0 heterocycles. The fourth-order valence-corrected chi connectivity index (χ4v) is 1.78. The van der Waals surface area contributed by atoms with Crippen LogP contribution in [0, 0.1) is 0 Å². The van der Waals surface area contributed by atoms with Crippen LogP contribution in [0.1, 0.15) is 25.5 Å². The molecule has 0 saturated heterocycles. The van der Waals surface area contributed by atoms with Crippen LogP contribution in [0.4, 0.5) is 8.78 Å². The van der Waals surface area contributed by atoms with Crippen molar-refractivity contribution in [3.63, 3.8) is 0 Å². The lowest BCUT2D eigenvalue weighted by Crippen LogP contribution is -2.32. The molecule has 2 unspecified atom stereocenters. The molecule has 1 aromatic rings. The molecule has 0 fully saturated rings. The number of methoxy groups -OCH3 is 1. The lowest BCUT2D eigenvalue weighted by Gasteiger charge is -2.20. The van der Waals surface area contributed by atoms with Gasteiger partial charge in [-0.25, -0.2) is 0 Å². The summed E-state index contributed by atoms with van der Waals surface area (Å²) in [6.45, 7) is 1.76. The van der Waals surface area contributed by atoms with Crippen LogP contribution in [0.15, 0.2) is 24.3 Å². The van der Waals surface area contributed by atoms with Gasteiger partial charge in [0.15, 0.2) is 0 Å². The van der Waals surface area contributed by atoms with Crippen molar-refractivity contribution in [1.82, 2.24) is 5.32 Å². The topological polar surface area (TPSA) is 30.5 Å². The Balaban J connectivity index is 2.64. The second-order valence-corrected chi connectivity index (χ2v) is 4.20. The quantitative estimate of drug-likeness (QED) is 0.816. The van der Waals surface area contributed by atoms with E-state index in [1.54, 1.807) is 19.2 Å². The second kappa shape index (κ2) is 7.28. The zero-order valence-corrected chi connectivity index (χ0v) is 10.8. The summed E-state index contributed by atoms with van der Waals surface area (Å²) in [5, 5.41) is 3.31. The molecule has 18 heavy (non-hydrogen) atoms. The van der Waals surface area contributed by atoms with E-state index in [4.69, 9.17) is 4.74 Å². The lowest BCUT2D eigenvalue weighted by atomic mass is 10.1. The van der Waals surface area contributed by atoms with Gasteiger partial charge in [-0.3, -0.25) is 0 Å². The minimum Gasteiger partial charge on any atom is -0.435 e. The number of nitrogens with one attached hydrogen (secondary N) is 1. The molecule has 1 rings (SSSR count). The zero-order chi connectivity index (χ0) is 13.5. The average Bonchev–Trinajstić information content (AvgIpc) is 2.28. The Bertz CT molecular complexity index is 361. The predicted molar refractivity (Wildman–Crippen MR) is 66.0 cm³/mol. The molecular weight excluding hydrogens is 240 g/mol. The minimum atomic E-state index is -2.80. The van der Waals surface area contributed by atoms with Crippen LogP contribution in [-0.2, 0) is 4.74 Å². The van der Waals surface area contributed by atoms with Crippen LogP contribution in [-0.4, -0.2) is 26.4 Å². The molecule has 0 aliphatic rings. The molecule has 1 aromatic carbocycles. The van der Waals surface area contributed by atoms with Crippen molar-refractivity contribution in [2.24, 2.45) is 0 Å². The number of ether oxygens (including phenoxy) is 2. The molecule has 0 saturated carbocycles. The van der Waals surface area contributed by atoms with Crippen molar-refractivity contribution in [2.45, 2.75) is 32.5 Å². The maximum atomic E-state index is 12.1. The summed E-state index contributed by atoms with van der Waals surface area (Å²) in [4.78, 5) is 0. The molecule has 0 aliphatic carbocycles. The fraction of sp³-hybridized carbons (Fsp3) is 0.538. The maximum Gasteiger partial charge on any atom is 0.387 e. The van der Waals surface area contributed by atoms with Gasteiger partial charge in [-0.05, 0) is 31.5 Å². The van der Waals surface area contributed by atoms with Crippen LogP contribution in [0.5, 0.6) is 5.75 Å². The monoisotopic (exact) mass is 259 g/mol. The van der Waals surface area contributed by atoms with Gasteiger partial charge in [0.25, 0.3) is 0 Å². The Hall–Kier alpha value is -1.20. The Morgan fingerprint density at radius 2 is 2.00 bits per heavy atom. The Morgan fingerprint density at radius 3 is 2.61 bits per heavy atom. The zero-order valence-electron chi connectivity index (χ0n) is 10.8. The van der Waals surface area contributed by atoms with E-state index in [-0.39, 0.29) is 17.8 Å². The fourth-order valence-electron chi connectivity index (χ4n) is 1.78. The average molecular weight is 259 g/mol. The summed E-state index contributed by atoms with van der Waals surface area (Å²) >= 11 is 0. The van der Waals surface area contributed by atoms with Gasteiger partial charge in [0, 0.05) is 19.2 Å². The van der Waals surface area contributed by atoms with Crippen molar-refractivity contribution in [2.75, 3.05) is 13.7 Å². The maximum absolute atomic E-state index is 12.1. The molecular formula is C13H19F2NO2. The molecule has 5 heteroatoms. The molecule has 0 amide bonds. The lowest BCUT2D eigenvalue weighted by molar-refractivity contribution is -0.0499. The highest BCUT2D eigenvalue weighted by molar-refractivity contribution is 5.30. The molecule has 0 aliphatic heterocycles. The molecule has 3 nitrogen and oxygen atoms in total. The van der Waals surface area contributed by atoms with Gasteiger partial charge >= 0.3 is 6.61 Å². The normalized spacial score (nSPS) is 14.6. The molecule has 0 spiro atoms. The number of rotatable bonds is 7. The largest absolute Gasteiger partial charge is 0.435 e. The SMILES string of the molecule is COCC(C)NC(C)c1cccc(OC(F)F)c1. The molecule has 0 aromatic heterocycles. The third kappa shape index (κ3) is 4.98. The Kier molecular flexibility index (Phi) is 6.01. The first-order valence-electron chi connectivity index (χ1n) is 5.82. The van der Waals surface area contributed by atoms with E-state index in [9.17, 15) is 8.78 Å². The highest BCUT2D eigenvalue weighted by Gasteiger charge is 2.11. The number of benzene rings is 1. The summed E-state index contributed by atoms with van der Waals surface area (Å²) in [6.07, 6.45) is 0. The summed E-state index contributed by atoms with van der Waals surface area (Å²) < 4.78 is 33.6. The van der Waals surface area contributed by atoms with Gasteiger partial charge in [0.2, 0.25) is 0 Å². The van der Waals surface area contributed by atoms with E-state index < -0.39 is 6.61 Å². The first kappa shape index (κ1) is 14.9. The number of hydrogen-bond donors (Lipinski definition) is 1. The highest BCUT2D eigenvalue weighted by Crippen LogP contribution is 2.20. The smallest absolute Gasteiger partial charge is 0.387 e. The van der Waals surface area contributed by atoms with Crippen LogP contribution in [0.2, 0.25) is 0 Å². The van der Waals surface area contributed by atoms with E-state index in [0.717, 1.165) is 5.56 Å². The van der Waals surface area contributed by atoms with Crippen molar-refractivity contribution in [3.05, 3.63) is 29.8 Å². The van der Waals surface area contributed by atoms with Gasteiger partial charge in [0.1, 0.15) is 5.75 Å². The molecule has 2 atom stereocenters. The van der Waals surface area contributed by atoms with E-state index in [0.29, 0.717) is 6.61 Å². The highest BCUT2D eigenvalue weighted by atomic mass is 19.3. The van der Waals surface area contributed by atoms with Crippen LogP contribution < -0.4 is 10.1 Å². The number of halogens is 2. The standard InChI is InChI=1S/C13H19F2NO2/c1-9(8-17-3)16-10(2)11-5-4-6-12(7-11)18-13(14)15/h4-7,9-10,13,16H,8H2,1-3H3. The predicted octanol–water partition coefficient (Wildman–Crippen LogP) is 2.97. The van der Waals surface area contributed by atoms with Crippen molar-refractivity contribution in [3.8, 4) is 5.75 Å². The molecule has 102 valence electrons. The van der Waals surface area contributed by atoms with Gasteiger partial charge in [0.05, 0.1) is 6.61 Å². The molecule has 0 radical (unpaired) electrons. The van der Waals surface area contributed by atoms with E-state index in [2.05, 4.69) is 10.1 Å². The summed E-state index contributed by atoms with van der Waals surface area (Å²) in [7, 11) is 1.64. The summed E-state index contributed by atoms with van der Waals surface area (Å²) in [6, 6.07) is 6.92. The van der Waals surface area contributed by atoms with Crippen LogP contribution in [0.25, 0.3) is 0 Å². The first-order chi connectivity index (χ1) is 8.52.